The molecule has 0 saturated heterocycles. The molecule has 0 aliphatic heterocycles. The minimum atomic E-state index is -1.07. The lowest BCUT2D eigenvalue weighted by Crippen LogP contribution is -2.78. The van der Waals surface area contributed by atoms with E-state index in [9.17, 15) is 10.2 Å². The van der Waals surface area contributed by atoms with Gasteiger partial charge in [-0.1, -0.05) is 134 Å². The van der Waals surface area contributed by atoms with Crippen LogP contribution in [0.25, 0.3) is 0 Å². The first kappa shape index (κ1) is 33.0. The lowest BCUT2D eigenvalue weighted by atomic mass is 9.79. The van der Waals surface area contributed by atoms with Crippen molar-refractivity contribution in [3.8, 4) is 0 Å². The monoisotopic (exact) mass is 658 g/mol. The summed E-state index contributed by atoms with van der Waals surface area (Å²) in [7, 11) is 0. The highest BCUT2D eigenvalue weighted by molar-refractivity contribution is 5.59. The fourth-order valence-corrected chi connectivity index (χ4v) is 6.62. The molecule has 0 aromatic heterocycles. The van der Waals surface area contributed by atoms with Crippen molar-refractivity contribution in [2.24, 2.45) is 0 Å². The summed E-state index contributed by atoms with van der Waals surface area (Å²) < 4.78 is 0. The molecule has 1 fully saturated rings. The molecule has 2 N–H and O–H groups in total. The van der Waals surface area contributed by atoms with Crippen LogP contribution in [0.4, 0.5) is 22.7 Å². The quantitative estimate of drug-likeness (QED) is 0.134. The van der Waals surface area contributed by atoms with Crippen molar-refractivity contribution in [1.29, 1.82) is 0 Å². The van der Waals surface area contributed by atoms with Crippen LogP contribution in [0.15, 0.2) is 170 Å². The number of nitrogens with one attached hydrogen (secondary N) is 2. The summed E-state index contributed by atoms with van der Waals surface area (Å²) in [5.74, 6) is 0. The van der Waals surface area contributed by atoms with E-state index in [2.05, 4.69) is 142 Å². The molecule has 6 nitrogen and oxygen atoms in total. The average molecular weight is 659 g/mol. The molecule has 0 spiro atoms. The van der Waals surface area contributed by atoms with Gasteiger partial charge in [-0.2, -0.15) is 0 Å². The van der Waals surface area contributed by atoms with Crippen LogP contribution >= 0.6 is 0 Å². The second-order valence-corrected chi connectivity index (χ2v) is 13.0. The maximum atomic E-state index is 13.3. The van der Waals surface area contributed by atoms with E-state index in [-0.39, 0.29) is 0 Å². The predicted molar refractivity (Wildman–Crippen MR) is 201 cm³/mol. The molecule has 1 aliphatic carbocycles. The molecule has 6 aromatic rings. The van der Waals surface area contributed by atoms with Crippen molar-refractivity contribution in [2.45, 2.75) is 50.5 Å². The summed E-state index contributed by atoms with van der Waals surface area (Å²) >= 11 is 0. The van der Waals surface area contributed by atoms with Crippen molar-refractivity contribution in [1.82, 2.24) is 0 Å². The van der Waals surface area contributed by atoms with Gasteiger partial charge in [0.1, 0.15) is 0 Å². The van der Waals surface area contributed by atoms with Gasteiger partial charge in [0.25, 0.3) is 0 Å². The zero-order valence-electron chi connectivity index (χ0n) is 28.0. The van der Waals surface area contributed by atoms with Gasteiger partial charge in [0, 0.05) is 61.0 Å². The fourth-order valence-electron chi connectivity index (χ4n) is 6.62. The van der Waals surface area contributed by atoms with Gasteiger partial charge in [-0.25, -0.2) is 0 Å². The Morgan fingerprint density at radius 2 is 0.620 bits per heavy atom. The Labute approximate surface area is 295 Å². The Bertz CT molecular complexity index is 1660. The van der Waals surface area contributed by atoms with Crippen molar-refractivity contribution >= 4 is 22.7 Å². The van der Waals surface area contributed by atoms with Crippen LogP contribution in [0.3, 0.4) is 0 Å². The molecule has 50 heavy (non-hydrogen) atoms. The summed E-state index contributed by atoms with van der Waals surface area (Å²) in [6, 6.07) is 56.4. The summed E-state index contributed by atoms with van der Waals surface area (Å²) in [5.41, 5.74) is 8.62. The van der Waals surface area contributed by atoms with Crippen LogP contribution in [0.5, 0.6) is 0 Å². The second-order valence-electron chi connectivity index (χ2n) is 13.0. The molecule has 0 heterocycles. The highest BCUT2D eigenvalue weighted by Crippen LogP contribution is 2.29. The molecule has 1 aliphatic rings. The summed E-state index contributed by atoms with van der Waals surface area (Å²) in [5, 5.41) is 33.1. The van der Waals surface area contributed by atoms with E-state index in [1.54, 1.807) is 0 Å². The van der Waals surface area contributed by atoms with E-state index >= 15 is 0 Å². The lowest BCUT2D eigenvalue weighted by molar-refractivity contribution is -0.525. The minimum Gasteiger partial charge on any atom is -0.849 e. The van der Waals surface area contributed by atoms with Gasteiger partial charge in [-0.05, 0) is 70.8 Å². The van der Waals surface area contributed by atoms with E-state index in [4.69, 9.17) is 0 Å². The molecule has 0 amide bonds. The molecular weight excluding hydrogens is 617 g/mol. The largest absolute Gasteiger partial charge is 0.849 e. The molecule has 6 heteroatoms. The Morgan fingerprint density at radius 1 is 0.360 bits per heavy atom. The Kier molecular flexibility index (Phi) is 10.4. The normalized spacial score (nSPS) is 18.1. The minimum absolute atomic E-state index is 0.699. The lowest BCUT2D eigenvalue weighted by Gasteiger charge is -2.61. The third-order valence-electron chi connectivity index (χ3n) is 9.41. The molecule has 7 rings (SSSR count). The summed E-state index contributed by atoms with van der Waals surface area (Å²) in [6.45, 7) is 3.07. The maximum Gasteiger partial charge on any atom is 0.0433 e. The van der Waals surface area contributed by atoms with Crippen molar-refractivity contribution in [2.75, 3.05) is 20.4 Å². The van der Waals surface area contributed by atoms with Gasteiger partial charge in [-0.15, -0.1) is 0 Å². The van der Waals surface area contributed by atoms with E-state index in [1.165, 1.54) is 22.3 Å². The van der Waals surface area contributed by atoms with Gasteiger partial charge in [0.05, 0.1) is 0 Å². The SMILES string of the molecule is [O-]C1C(Nc2ccc(N(Cc3ccccc3)Cc3ccccc3)cc2)C([O-])C1Nc1ccc(N(Cc2ccccc2)Cc2ccccc2)cc1. The first-order chi connectivity index (χ1) is 24.6. The number of hydrogen-bond donors (Lipinski definition) is 2. The predicted octanol–water partition coefficient (Wildman–Crippen LogP) is 6.83. The van der Waals surface area contributed by atoms with Crippen LogP contribution in [0, 0.1) is 0 Å². The smallest absolute Gasteiger partial charge is 0.0433 e. The topological polar surface area (TPSA) is 76.7 Å². The number of benzene rings is 6. The van der Waals surface area contributed by atoms with Gasteiger partial charge < -0.3 is 30.6 Å². The number of nitrogens with zero attached hydrogens (tertiary/aromatic N) is 2. The molecule has 6 aromatic carbocycles. The van der Waals surface area contributed by atoms with Crippen LogP contribution in [0.2, 0.25) is 0 Å². The highest BCUT2D eigenvalue weighted by atomic mass is 16.3. The highest BCUT2D eigenvalue weighted by Gasteiger charge is 2.36. The maximum absolute atomic E-state index is 13.3. The van der Waals surface area contributed by atoms with Gasteiger partial charge >= 0.3 is 0 Å². The van der Waals surface area contributed by atoms with Gasteiger partial charge in [-0.3, -0.25) is 0 Å². The Morgan fingerprint density at radius 3 is 0.880 bits per heavy atom. The summed E-state index contributed by atoms with van der Waals surface area (Å²) in [4.78, 5) is 4.66. The van der Waals surface area contributed by atoms with Gasteiger partial charge in [0.15, 0.2) is 0 Å². The van der Waals surface area contributed by atoms with Crippen LogP contribution in [-0.4, -0.2) is 24.3 Å². The van der Waals surface area contributed by atoms with Crippen LogP contribution in [-0.2, 0) is 26.2 Å². The number of anilines is 4. The van der Waals surface area contributed by atoms with Crippen molar-refractivity contribution in [3.05, 3.63) is 192 Å². The Balaban J connectivity index is 0.974. The van der Waals surface area contributed by atoms with Crippen molar-refractivity contribution < 1.29 is 10.2 Å². The molecule has 1 saturated carbocycles. The standard InChI is InChI=1S/C44H42N4O2/c49-43-41(45-37-21-25-39(26-22-37)47(29-33-13-5-1-6-14-33)30-34-15-7-2-8-16-34)44(50)42(43)46-38-23-27-40(28-24-38)48(31-35-17-9-3-10-18-35)32-36-19-11-4-12-20-36/h1-28,41-46H,29-32H2/q-2. The van der Waals surface area contributed by atoms with E-state index in [1.807, 2.05) is 48.5 Å². The van der Waals surface area contributed by atoms with Gasteiger partial charge in [0.2, 0.25) is 0 Å². The number of rotatable bonds is 14. The van der Waals surface area contributed by atoms with Crippen LogP contribution < -0.4 is 30.6 Å². The third kappa shape index (κ3) is 8.17. The average Bonchev–Trinajstić information content (AvgIpc) is 3.17. The zero-order chi connectivity index (χ0) is 34.1. The van der Waals surface area contributed by atoms with Crippen LogP contribution in [0.1, 0.15) is 22.3 Å². The zero-order valence-corrected chi connectivity index (χ0v) is 28.0. The fraction of sp³-hybridized carbons (Fsp3) is 0.182. The second kappa shape index (κ2) is 15.8. The molecule has 0 radical (unpaired) electrons. The molecule has 0 unspecified atom stereocenters. The molecular formula is C44H42N4O2-2. The first-order valence-electron chi connectivity index (χ1n) is 17.3. The Hall–Kier alpha value is -5.56. The van der Waals surface area contributed by atoms with E-state index < -0.39 is 24.3 Å². The summed E-state index contributed by atoms with van der Waals surface area (Å²) in [6.07, 6.45) is -2.14. The van der Waals surface area contributed by atoms with E-state index in [0.717, 1.165) is 48.9 Å². The number of hydrogen-bond acceptors (Lipinski definition) is 6. The first-order valence-corrected chi connectivity index (χ1v) is 17.3. The molecule has 0 atom stereocenters. The van der Waals surface area contributed by atoms with E-state index in [0.29, 0.717) is 0 Å². The molecule has 252 valence electrons. The molecule has 0 bridgehead atoms. The van der Waals surface area contributed by atoms with Crippen molar-refractivity contribution in [3.63, 3.8) is 0 Å². The third-order valence-corrected chi connectivity index (χ3v) is 9.41.